The summed E-state index contributed by atoms with van der Waals surface area (Å²) in [7, 11) is 0. The van der Waals surface area contributed by atoms with Crippen molar-refractivity contribution in [3.63, 3.8) is 0 Å². The molecule has 1 fully saturated rings. The van der Waals surface area contributed by atoms with Crippen molar-refractivity contribution in [1.29, 1.82) is 0 Å². The largest absolute Gasteiger partial charge is 0.330 e. The molecule has 1 aromatic carbocycles. The summed E-state index contributed by atoms with van der Waals surface area (Å²) < 4.78 is 0. The van der Waals surface area contributed by atoms with Crippen LogP contribution in [0, 0.1) is 5.41 Å². The summed E-state index contributed by atoms with van der Waals surface area (Å²) >= 11 is 0. The number of likely N-dealkylation sites (tertiary alicyclic amines) is 1. The Morgan fingerprint density at radius 1 is 1.11 bits per heavy atom. The minimum absolute atomic E-state index is 0.583. The second kappa shape index (κ2) is 6.53. The zero-order valence-corrected chi connectivity index (χ0v) is 12.5. The summed E-state index contributed by atoms with van der Waals surface area (Å²) in [6, 6.07) is 8.99. The minimum Gasteiger partial charge on any atom is -0.330 e. The van der Waals surface area contributed by atoms with Crippen LogP contribution in [0.15, 0.2) is 24.3 Å². The Morgan fingerprint density at radius 2 is 1.74 bits per heavy atom. The Hall–Kier alpha value is -0.860. The van der Waals surface area contributed by atoms with E-state index in [1.165, 1.54) is 43.5 Å². The van der Waals surface area contributed by atoms with Crippen LogP contribution in [0.1, 0.15) is 44.2 Å². The lowest BCUT2D eigenvalue weighted by Gasteiger charge is -2.26. The fourth-order valence-corrected chi connectivity index (χ4v) is 3.23. The van der Waals surface area contributed by atoms with Crippen LogP contribution in [0.3, 0.4) is 0 Å². The van der Waals surface area contributed by atoms with Gasteiger partial charge >= 0.3 is 0 Å². The maximum atomic E-state index is 5.58. The predicted molar refractivity (Wildman–Crippen MR) is 82.1 cm³/mol. The van der Waals surface area contributed by atoms with E-state index in [1.807, 2.05) is 0 Å². The van der Waals surface area contributed by atoms with Crippen molar-refractivity contribution in [2.24, 2.45) is 11.1 Å². The van der Waals surface area contributed by atoms with Crippen LogP contribution in [-0.4, -0.2) is 24.5 Å². The average molecular weight is 260 g/mol. The second-order valence-electron chi connectivity index (χ2n) is 6.02. The molecule has 0 saturated carbocycles. The van der Waals surface area contributed by atoms with Crippen LogP contribution >= 0.6 is 0 Å². The lowest BCUT2D eigenvalue weighted by atomic mass is 9.82. The van der Waals surface area contributed by atoms with Gasteiger partial charge in [0.25, 0.3) is 0 Å². The Bertz CT molecular complexity index is 379. The van der Waals surface area contributed by atoms with Gasteiger partial charge in [0.15, 0.2) is 0 Å². The molecule has 0 radical (unpaired) electrons. The molecule has 0 amide bonds. The molecule has 2 nitrogen and oxygen atoms in total. The van der Waals surface area contributed by atoms with Crippen molar-refractivity contribution in [2.75, 3.05) is 19.6 Å². The van der Waals surface area contributed by atoms with Crippen molar-refractivity contribution in [1.82, 2.24) is 4.90 Å². The Morgan fingerprint density at radius 3 is 2.26 bits per heavy atom. The molecule has 0 bridgehead atoms. The first-order chi connectivity index (χ1) is 9.21. The van der Waals surface area contributed by atoms with Crippen LogP contribution in [-0.2, 0) is 13.0 Å². The van der Waals surface area contributed by atoms with Gasteiger partial charge in [0, 0.05) is 13.1 Å². The molecule has 1 aliphatic rings. The van der Waals surface area contributed by atoms with Gasteiger partial charge in [-0.05, 0) is 55.3 Å². The number of hydrogen-bond acceptors (Lipinski definition) is 2. The molecule has 2 heteroatoms. The molecule has 0 aromatic heterocycles. The quantitative estimate of drug-likeness (QED) is 0.851. The standard InChI is InChI=1S/C17H28N2/c1-3-17(4-2)10-12-19(14-17)13-16-7-5-15(6-8-16)9-11-18/h5-8H,3-4,9-14,18H2,1-2H3. The Kier molecular flexibility index (Phi) is 5.00. The SMILES string of the molecule is CCC1(CC)CCN(Cc2ccc(CCN)cc2)C1. The van der Waals surface area contributed by atoms with Gasteiger partial charge in [0.1, 0.15) is 0 Å². The molecule has 1 aromatic rings. The van der Waals surface area contributed by atoms with Crippen LogP contribution < -0.4 is 5.73 Å². The molecule has 2 N–H and O–H groups in total. The molecule has 0 unspecified atom stereocenters. The Balaban J connectivity index is 1.91. The van der Waals surface area contributed by atoms with Gasteiger partial charge in [-0.1, -0.05) is 38.1 Å². The first-order valence-electron chi connectivity index (χ1n) is 7.71. The number of hydrogen-bond donors (Lipinski definition) is 1. The molecule has 1 saturated heterocycles. The van der Waals surface area contributed by atoms with E-state index in [0.717, 1.165) is 19.5 Å². The molecule has 0 spiro atoms. The highest BCUT2D eigenvalue weighted by atomic mass is 15.2. The van der Waals surface area contributed by atoms with Crippen molar-refractivity contribution in [2.45, 2.75) is 46.1 Å². The molecule has 0 aliphatic carbocycles. The van der Waals surface area contributed by atoms with Crippen molar-refractivity contribution >= 4 is 0 Å². The average Bonchev–Trinajstić information content (AvgIpc) is 2.85. The molecular formula is C17H28N2. The molecule has 1 aliphatic heterocycles. The second-order valence-corrected chi connectivity index (χ2v) is 6.02. The highest BCUT2D eigenvalue weighted by Gasteiger charge is 2.34. The summed E-state index contributed by atoms with van der Waals surface area (Å²) in [6.07, 6.45) is 4.98. The summed E-state index contributed by atoms with van der Waals surface area (Å²) in [4.78, 5) is 2.62. The van der Waals surface area contributed by atoms with Gasteiger partial charge < -0.3 is 5.73 Å². The van der Waals surface area contributed by atoms with Crippen LogP contribution in [0.2, 0.25) is 0 Å². The molecule has 106 valence electrons. The van der Waals surface area contributed by atoms with E-state index >= 15 is 0 Å². The van der Waals surface area contributed by atoms with E-state index in [9.17, 15) is 0 Å². The maximum Gasteiger partial charge on any atom is 0.0233 e. The van der Waals surface area contributed by atoms with Crippen molar-refractivity contribution in [3.05, 3.63) is 35.4 Å². The van der Waals surface area contributed by atoms with Gasteiger partial charge in [-0.15, -0.1) is 0 Å². The van der Waals surface area contributed by atoms with Gasteiger partial charge in [0.05, 0.1) is 0 Å². The first-order valence-corrected chi connectivity index (χ1v) is 7.71. The van der Waals surface area contributed by atoms with Crippen LogP contribution in [0.5, 0.6) is 0 Å². The van der Waals surface area contributed by atoms with Gasteiger partial charge in [0.2, 0.25) is 0 Å². The van der Waals surface area contributed by atoms with E-state index in [1.54, 1.807) is 0 Å². The summed E-state index contributed by atoms with van der Waals surface area (Å²) in [6.45, 7) is 9.05. The zero-order chi connectivity index (χ0) is 13.7. The number of nitrogens with zero attached hydrogens (tertiary/aromatic N) is 1. The van der Waals surface area contributed by atoms with Crippen molar-refractivity contribution < 1.29 is 0 Å². The van der Waals surface area contributed by atoms with Crippen LogP contribution in [0.4, 0.5) is 0 Å². The first kappa shape index (κ1) is 14.5. The monoisotopic (exact) mass is 260 g/mol. The number of rotatable bonds is 6. The summed E-state index contributed by atoms with van der Waals surface area (Å²) in [5, 5.41) is 0. The normalized spacial score (nSPS) is 18.9. The minimum atomic E-state index is 0.583. The molecule has 19 heavy (non-hydrogen) atoms. The van der Waals surface area contributed by atoms with E-state index in [2.05, 4.69) is 43.0 Å². The topological polar surface area (TPSA) is 29.3 Å². The van der Waals surface area contributed by atoms with Gasteiger partial charge in [-0.3, -0.25) is 4.90 Å². The lowest BCUT2D eigenvalue weighted by molar-refractivity contribution is 0.236. The fourth-order valence-electron chi connectivity index (χ4n) is 3.23. The van der Waals surface area contributed by atoms with E-state index in [0.29, 0.717) is 5.41 Å². The fraction of sp³-hybridized carbons (Fsp3) is 0.647. The third-order valence-corrected chi connectivity index (χ3v) is 4.88. The highest BCUT2D eigenvalue weighted by Crippen LogP contribution is 2.37. The third-order valence-electron chi connectivity index (χ3n) is 4.88. The molecular weight excluding hydrogens is 232 g/mol. The lowest BCUT2D eigenvalue weighted by Crippen LogP contribution is -2.26. The van der Waals surface area contributed by atoms with Crippen molar-refractivity contribution in [3.8, 4) is 0 Å². The summed E-state index contributed by atoms with van der Waals surface area (Å²) in [5.74, 6) is 0. The number of benzene rings is 1. The predicted octanol–water partition coefficient (Wildman–Crippen LogP) is 3.20. The summed E-state index contributed by atoms with van der Waals surface area (Å²) in [5.41, 5.74) is 8.95. The zero-order valence-electron chi connectivity index (χ0n) is 12.5. The molecule has 0 atom stereocenters. The van der Waals surface area contributed by atoms with E-state index < -0.39 is 0 Å². The maximum absolute atomic E-state index is 5.58. The van der Waals surface area contributed by atoms with Gasteiger partial charge in [-0.25, -0.2) is 0 Å². The smallest absolute Gasteiger partial charge is 0.0233 e. The molecule has 2 rings (SSSR count). The number of nitrogens with two attached hydrogens (primary N) is 1. The van der Waals surface area contributed by atoms with E-state index in [4.69, 9.17) is 5.73 Å². The van der Waals surface area contributed by atoms with Crippen LogP contribution in [0.25, 0.3) is 0 Å². The Labute approximate surface area is 118 Å². The van der Waals surface area contributed by atoms with E-state index in [-0.39, 0.29) is 0 Å². The highest BCUT2D eigenvalue weighted by molar-refractivity contribution is 5.23. The third kappa shape index (κ3) is 3.58. The van der Waals surface area contributed by atoms with Gasteiger partial charge in [-0.2, -0.15) is 0 Å². The molecule has 1 heterocycles.